The van der Waals surface area contributed by atoms with Gasteiger partial charge >= 0.3 is 5.97 Å². The van der Waals surface area contributed by atoms with Crippen LogP contribution in [0.15, 0.2) is 12.2 Å². The molecule has 0 aliphatic heterocycles. The molecule has 0 heterocycles. The van der Waals surface area contributed by atoms with Crippen LogP contribution in [0.4, 0.5) is 0 Å². The highest BCUT2D eigenvalue weighted by Crippen LogP contribution is 2.21. The first-order valence-corrected chi connectivity index (χ1v) is 12.0. The van der Waals surface area contributed by atoms with Gasteiger partial charge in [-0.1, -0.05) is 76.9 Å². The molecule has 0 spiro atoms. The van der Waals surface area contributed by atoms with Gasteiger partial charge in [-0.15, -0.1) is 0 Å². The van der Waals surface area contributed by atoms with Crippen molar-refractivity contribution in [3.05, 3.63) is 12.2 Å². The molecule has 0 aliphatic carbocycles. The smallest absolute Gasteiger partial charge is 0.304 e. The van der Waals surface area contributed by atoms with Crippen LogP contribution in [0, 0.1) is 0 Å². The molecule has 0 aromatic carbocycles. The first-order chi connectivity index (χ1) is 13.5. The molecule has 1 amide bonds. The quantitative estimate of drug-likeness (QED) is 0.191. The lowest BCUT2D eigenvalue weighted by Crippen LogP contribution is -2.24. The largest absolute Gasteiger partial charge is 0.481 e. The Morgan fingerprint density at radius 1 is 0.964 bits per heavy atom. The van der Waals surface area contributed by atoms with Gasteiger partial charge in [0.05, 0.1) is 12.5 Å². The van der Waals surface area contributed by atoms with E-state index in [0.29, 0.717) is 12.2 Å². The van der Waals surface area contributed by atoms with Crippen LogP contribution in [-0.2, 0) is 9.59 Å². The van der Waals surface area contributed by atoms with Crippen LogP contribution >= 0.6 is 11.8 Å². The summed E-state index contributed by atoms with van der Waals surface area (Å²) in [5.74, 6) is -0.828. The zero-order chi connectivity index (χ0) is 21.0. The first kappa shape index (κ1) is 27.0. The number of allylic oxidation sites excluding steroid dienone is 1. The van der Waals surface area contributed by atoms with E-state index in [2.05, 4.69) is 13.0 Å². The number of carboxylic acids is 1. The Balaban J connectivity index is 3.96. The van der Waals surface area contributed by atoms with Gasteiger partial charge in [-0.2, -0.15) is 11.8 Å². The van der Waals surface area contributed by atoms with Crippen molar-refractivity contribution in [1.29, 1.82) is 0 Å². The topological polar surface area (TPSA) is 101 Å². The lowest BCUT2D eigenvalue weighted by molar-refractivity contribution is -0.136. The lowest BCUT2D eigenvalue weighted by atomic mass is 10.1. The third kappa shape index (κ3) is 18.4. The predicted octanol–water partition coefficient (Wildman–Crippen LogP) is 5.06. The Morgan fingerprint density at radius 3 is 2.07 bits per heavy atom. The lowest BCUT2D eigenvalue weighted by Gasteiger charge is -2.19. The summed E-state index contributed by atoms with van der Waals surface area (Å²) in [5, 5.41) is 18.9. The van der Waals surface area contributed by atoms with Crippen molar-refractivity contribution >= 4 is 23.6 Å². The molecule has 28 heavy (non-hydrogen) atoms. The number of nitrogens with two attached hydrogens (primary N) is 1. The third-order valence-electron chi connectivity index (χ3n) is 4.74. The number of rotatable bonds is 20. The van der Waals surface area contributed by atoms with Crippen LogP contribution in [0.5, 0.6) is 0 Å². The first-order valence-electron chi connectivity index (χ1n) is 10.9. The van der Waals surface area contributed by atoms with E-state index in [1.165, 1.54) is 69.5 Å². The maximum absolute atomic E-state index is 10.9. The van der Waals surface area contributed by atoms with Gasteiger partial charge < -0.3 is 15.9 Å². The minimum Gasteiger partial charge on any atom is -0.481 e. The van der Waals surface area contributed by atoms with E-state index >= 15 is 0 Å². The number of hydrogen-bond acceptors (Lipinski definition) is 4. The Morgan fingerprint density at radius 2 is 1.54 bits per heavy atom. The highest BCUT2D eigenvalue weighted by atomic mass is 32.2. The molecular formula is C22H41NO4S. The van der Waals surface area contributed by atoms with E-state index in [9.17, 15) is 14.7 Å². The summed E-state index contributed by atoms with van der Waals surface area (Å²) in [6.07, 6.45) is 17.9. The molecule has 164 valence electrons. The van der Waals surface area contributed by atoms with Crippen LogP contribution < -0.4 is 5.73 Å². The van der Waals surface area contributed by atoms with E-state index < -0.39 is 18.0 Å². The van der Waals surface area contributed by atoms with E-state index in [4.69, 9.17) is 10.8 Å². The molecule has 0 saturated carbocycles. The number of primary amides is 1. The highest BCUT2D eigenvalue weighted by Gasteiger charge is 2.18. The number of aliphatic carboxylic acids is 1. The van der Waals surface area contributed by atoms with Crippen molar-refractivity contribution < 1.29 is 19.8 Å². The molecule has 2 unspecified atom stereocenters. The summed E-state index contributed by atoms with van der Waals surface area (Å²) in [6.45, 7) is 2.24. The number of aliphatic hydroxyl groups is 1. The minimum atomic E-state index is -0.841. The van der Waals surface area contributed by atoms with Crippen molar-refractivity contribution in [2.75, 3.05) is 5.75 Å². The van der Waals surface area contributed by atoms with E-state index in [1.807, 2.05) is 6.08 Å². The van der Waals surface area contributed by atoms with Crippen molar-refractivity contribution in [1.82, 2.24) is 0 Å². The second kappa shape index (κ2) is 19.3. The predicted molar refractivity (Wildman–Crippen MR) is 119 cm³/mol. The number of carboxylic acid groups (broad SMARTS) is 1. The summed E-state index contributed by atoms with van der Waals surface area (Å²) in [6, 6.07) is 0. The average Bonchev–Trinajstić information content (AvgIpc) is 2.65. The number of thioether (sulfide) groups is 1. The number of unbranched alkanes of at least 4 members (excludes halogenated alkanes) is 10. The summed E-state index contributed by atoms with van der Waals surface area (Å²) in [7, 11) is 0. The van der Waals surface area contributed by atoms with Crippen LogP contribution in [0.1, 0.15) is 96.8 Å². The molecule has 0 aliphatic rings. The van der Waals surface area contributed by atoms with Crippen molar-refractivity contribution in [3.8, 4) is 0 Å². The number of carbonyl (C=O) groups excluding carboxylic acids is 1. The fraction of sp³-hybridized carbons (Fsp3) is 0.818. The van der Waals surface area contributed by atoms with Gasteiger partial charge in [-0.3, -0.25) is 9.59 Å². The molecule has 0 radical (unpaired) electrons. The Bertz CT molecular complexity index is 429. The third-order valence-corrected chi connectivity index (χ3v) is 6.04. The van der Waals surface area contributed by atoms with E-state index in [1.54, 1.807) is 0 Å². The Kier molecular flexibility index (Phi) is 18.6. The van der Waals surface area contributed by atoms with Gasteiger partial charge in [0.2, 0.25) is 5.91 Å². The summed E-state index contributed by atoms with van der Waals surface area (Å²) >= 11 is 1.42. The fourth-order valence-electron chi connectivity index (χ4n) is 3.01. The van der Waals surface area contributed by atoms with Gasteiger partial charge in [-0.05, 0) is 19.3 Å². The molecule has 4 N–H and O–H groups in total. The molecule has 0 aromatic heterocycles. The Labute approximate surface area is 175 Å². The molecule has 6 heteroatoms. The molecule has 0 rings (SSSR count). The standard InChI is InChI=1S/C22H41NO4S/c1-2-3-4-5-6-7-8-9-10-11-12-13-14-20(28-18-17-22(26)27)19(24)15-16-21(23)25/h13-14,19-20,24H,2-12,15-18H2,1H3,(H2,23,25)(H,26,27)/b14-13-. The van der Waals surface area contributed by atoms with E-state index in [0.717, 1.165) is 12.8 Å². The maximum Gasteiger partial charge on any atom is 0.304 e. The zero-order valence-electron chi connectivity index (χ0n) is 17.6. The average molecular weight is 416 g/mol. The fourth-order valence-corrected chi connectivity index (χ4v) is 4.16. The molecule has 0 bridgehead atoms. The second-order valence-corrected chi connectivity index (χ2v) is 8.74. The summed E-state index contributed by atoms with van der Waals surface area (Å²) in [4.78, 5) is 21.6. The molecule has 2 atom stereocenters. The van der Waals surface area contributed by atoms with Crippen LogP contribution in [0.3, 0.4) is 0 Å². The van der Waals surface area contributed by atoms with Crippen LogP contribution in [-0.4, -0.2) is 39.2 Å². The van der Waals surface area contributed by atoms with Crippen LogP contribution in [0.25, 0.3) is 0 Å². The SMILES string of the molecule is CCCCCCCCCCCC/C=C\C(SCCC(=O)O)C(O)CCC(N)=O. The maximum atomic E-state index is 10.9. The molecule has 0 aromatic rings. The molecule has 0 fully saturated rings. The number of aliphatic hydroxyl groups excluding tert-OH is 1. The summed E-state index contributed by atoms with van der Waals surface area (Å²) in [5.41, 5.74) is 5.15. The van der Waals surface area contributed by atoms with Gasteiger partial charge in [0.25, 0.3) is 0 Å². The monoisotopic (exact) mass is 415 g/mol. The molecular weight excluding hydrogens is 374 g/mol. The number of hydrogen-bond donors (Lipinski definition) is 3. The van der Waals surface area contributed by atoms with Gasteiger partial charge in [0, 0.05) is 17.4 Å². The van der Waals surface area contributed by atoms with Gasteiger partial charge in [0.1, 0.15) is 0 Å². The highest BCUT2D eigenvalue weighted by molar-refractivity contribution is 8.00. The van der Waals surface area contributed by atoms with Gasteiger partial charge in [-0.25, -0.2) is 0 Å². The molecule has 0 saturated heterocycles. The van der Waals surface area contributed by atoms with Crippen molar-refractivity contribution in [2.45, 2.75) is 108 Å². The number of amides is 1. The zero-order valence-corrected chi connectivity index (χ0v) is 18.4. The minimum absolute atomic E-state index is 0.0655. The Hall–Kier alpha value is -1.01. The van der Waals surface area contributed by atoms with Crippen LogP contribution in [0.2, 0.25) is 0 Å². The molecule has 5 nitrogen and oxygen atoms in total. The number of carbonyl (C=O) groups is 2. The second-order valence-electron chi connectivity index (χ2n) is 7.45. The normalized spacial score (nSPS) is 13.6. The van der Waals surface area contributed by atoms with Gasteiger partial charge in [0.15, 0.2) is 0 Å². The summed E-state index contributed by atoms with van der Waals surface area (Å²) < 4.78 is 0. The van der Waals surface area contributed by atoms with Crippen molar-refractivity contribution in [3.63, 3.8) is 0 Å². The van der Waals surface area contributed by atoms with Crippen molar-refractivity contribution in [2.24, 2.45) is 5.73 Å². The van der Waals surface area contributed by atoms with E-state index in [-0.39, 0.29) is 18.1 Å².